The van der Waals surface area contributed by atoms with Crippen LogP contribution < -0.4 is 15.8 Å². The molecule has 1 aromatic heterocycles. The van der Waals surface area contributed by atoms with Crippen molar-refractivity contribution in [3.05, 3.63) is 11.2 Å². The van der Waals surface area contributed by atoms with E-state index < -0.39 is 5.41 Å². The van der Waals surface area contributed by atoms with Gasteiger partial charge >= 0.3 is 0 Å². The number of nitrogens with one attached hydrogen (secondary N) is 1. The van der Waals surface area contributed by atoms with E-state index in [-0.39, 0.29) is 23.1 Å². The molecule has 2 atom stereocenters. The van der Waals surface area contributed by atoms with Crippen LogP contribution in [0.4, 0.5) is 5.95 Å². The first-order valence-corrected chi connectivity index (χ1v) is 6.49. The third kappa shape index (κ3) is 2.79. The van der Waals surface area contributed by atoms with Crippen LogP contribution in [0.3, 0.4) is 0 Å². The number of hydrogen-bond donors (Lipinski definition) is 2. The molecule has 0 radical (unpaired) electrons. The lowest BCUT2D eigenvalue weighted by Crippen LogP contribution is -2.44. The Morgan fingerprint density at radius 1 is 1.63 bits per heavy atom. The molecule has 1 fully saturated rings. The van der Waals surface area contributed by atoms with E-state index in [1.165, 1.54) is 13.2 Å². The van der Waals surface area contributed by atoms with E-state index in [9.17, 15) is 4.79 Å². The quantitative estimate of drug-likeness (QED) is 0.823. The van der Waals surface area contributed by atoms with E-state index in [0.29, 0.717) is 5.88 Å². The topological polar surface area (TPSA) is 90.1 Å². The molecular formula is C12H17ClN4O2. The van der Waals surface area contributed by atoms with Crippen LogP contribution in [0.1, 0.15) is 26.2 Å². The zero-order chi connectivity index (χ0) is 14.0. The predicted octanol–water partition coefficient (Wildman–Crippen LogP) is 1.59. The molecule has 104 valence electrons. The monoisotopic (exact) mass is 284 g/mol. The van der Waals surface area contributed by atoms with Crippen LogP contribution in [0.15, 0.2) is 6.07 Å². The number of aromatic nitrogens is 2. The third-order valence-corrected chi connectivity index (χ3v) is 3.85. The van der Waals surface area contributed by atoms with Crippen LogP contribution in [0.25, 0.3) is 0 Å². The number of carbonyl (C=O) groups is 1. The van der Waals surface area contributed by atoms with Crippen LogP contribution in [0, 0.1) is 5.41 Å². The van der Waals surface area contributed by atoms with Gasteiger partial charge in [-0.1, -0.05) is 18.0 Å². The van der Waals surface area contributed by atoms with Crippen molar-refractivity contribution in [3.63, 3.8) is 0 Å². The summed E-state index contributed by atoms with van der Waals surface area (Å²) < 4.78 is 4.98. The van der Waals surface area contributed by atoms with Crippen LogP contribution >= 0.6 is 11.6 Å². The fourth-order valence-electron chi connectivity index (χ4n) is 2.28. The van der Waals surface area contributed by atoms with Crippen LogP contribution in [-0.4, -0.2) is 29.0 Å². The van der Waals surface area contributed by atoms with Crippen molar-refractivity contribution < 1.29 is 9.53 Å². The Balaban J connectivity index is 2.17. The average Bonchev–Trinajstić information content (AvgIpc) is 2.70. The molecule has 6 nitrogen and oxygen atoms in total. The van der Waals surface area contributed by atoms with Crippen molar-refractivity contribution >= 4 is 23.5 Å². The number of nitrogens with two attached hydrogens (primary N) is 1. The maximum Gasteiger partial charge on any atom is 0.234 e. The van der Waals surface area contributed by atoms with E-state index in [2.05, 4.69) is 15.3 Å². The highest BCUT2D eigenvalue weighted by atomic mass is 35.5. The number of rotatable bonds is 3. The molecule has 0 aromatic carbocycles. The summed E-state index contributed by atoms with van der Waals surface area (Å²) in [5.41, 5.74) is 5.42. The van der Waals surface area contributed by atoms with Gasteiger partial charge in [0.1, 0.15) is 5.15 Å². The summed E-state index contributed by atoms with van der Waals surface area (Å²) in [5.74, 6) is 0.257. The molecule has 0 aliphatic heterocycles. The number of ether oxygens (including phenoxy) is 1. The molecule has 1 amide bonds. The van der Waals surface area contributed by atoms with Crippen molar-refractivity contribution in [2.75, 3.05) is 12.4 Å². The van der Waals surface area contributed by atoms with E-state index in [0.717, 1.165) is 19.3 Å². The molecule has 7 heteroatoms. The first-order chi connectivity index (χ1) is 8.95. The molecule has 2 unspecified atom stereocenters. The third-order valence-electron chi connectivity index (χ3n) is 3.65. The molecule has 2 rings (SSSR count). The highest BCUT2D eigenvalue weighted by Crippen LogP contribution is 2.37. The van der Waals surface area contributed by atoms with Gasteiger partial charge in [0.15, 0.2) is 0 Å². The largest absolute Gasteiger partial charge is 0.481 e. The molecule has 3 N–H and O–H groups in total. The Hall–Kier alpha value is -1.40. The second-order valence-corrected chi connectivity index (χ2v) is 5.31. The number of amides is 1. The standard InChI is InChI=1S/C12H17ClN4O2/c1-12(5-3-4-7(12)14)10(18)17-11-15-8(13)6-9(16-11)19-2/h6-7H,3-5,14H2,1-2H3,(H,15,16,17,18). The lowest BCUT2D eigenvalue weighted by Gasteiger charge is -2.26. The number of hydrogen-bond acceptors (Lipinski definition) is 5. The molecular weight excluding hydrogens is 268 g/mol. The predicted molar refractivity (Wildman–Crippen MR) is 72.2 cm³/mol. The Labute approximate surface area is 116 Å². The maximum absolute atomic E-state index is 12.3. The van der Waals surface area contributed by atoms with Crippen LogP contribution in [0.2, 0.25) is 5.15 Å². The van der Waals surface area contributed by atoms with Gasteiger partial charge in [-0.25, -0.2) is 4.98 Å². The second kappa shape index (κ2) is 5.30. The van der Waals surface area contributed by atoms with Crippen molar-refractivity contribution in [1.29, 1.82) is 0 Å². The van der Waals surface area contributed by atoms with Gasteiger partial charge in [0.25, 0.3) is 0 Å². The SMILES string of the molecule is COc1cc(Cl)nc(NC(=O)C2(C)CCCC2N)n1. The summed E-state index contributed by atoms with van der Waals surface area (Å²) in [6.07, 6.45) is 2.56. The number of methoxy groups -OCH3 is 1. The van der Waals surface area contributed by atoms with Gasteiger partial charge in [-0.15, -0.1) is 0 Å². The van der Waals surface area contributed by atoms with Gasteiger partial charge in [-0.3, -0.25) is 10.1 Å². The highest BCUT2D eigenvalue weighted by Gasteiger charge is 2.43. The fourth-order valence-corrected chi connectivity index (χ4v) is 2.45. The number of nitrogens with zero attached hydrogens (tertiary/aromatic N) is 2. The van der Waals surface area contributed by atoms with Gasteiger partial charge < -0.3 is 10.5 Å². The molecule has 1 aliphatic carbocycles. The number of halogens is 1. The van der Waals surface area contributed by atoms with Gasteiger partial charge in [-0.05, 0) is 19.8 Å². The van der Waals surface area contributed by atoms with E-state index in [4.69, 9.17) is 22.1 Å². The van der Waals surface area contributed by atoms with Crippen molar-refractivity contribution in [1.82, 2.24) is 9.97 Å². The van der Waals surface area contributed by atoms with Gasteiger partial charge in [0.05, 0.1) is 12.5 Å². The molecule has 1 saturated carbocycles. The van der Waals surface area contributed by atoms with Gasteiger partial charge in [0.2, 0.25) is 17.7 Å². The zero-order valence-electron chi connectivity index (χ0n) is 10.9. The van der Waals surface area contributed by atoms with E-state index in [1.54, 1.807) is 0 Å². The minimum atomic E-state index is -0.584. The van der Waals surface area contributed by atoms with Crippen LogP contribution in [0.5, 0.6) is 5.88 Å². The molecule has 1 heterocycles. The normalized spacial score (nSPS) is 26.2. The molecule has 0 spiro atoms. The zero-order valence-corrected chi connectivity index (χ0v) is 11.7. The lowest BCUT2D eigenvalue weighted by molar-refractivity contribution is -0.125. The van der Waals surface area contributed by atoms with E-state index >= 15 is 0 Å². The Morgan fingerprint density at radius 2 is 2.37 bits per heavy atom. The van der Waals surface area contributed by atoms with E-state index in [1.807, 2.05) is 6.92 Å². The van der Waals surface area contributed by atoms with Gasteiger partial charge in [0, 0.05) is 12.1 Å². The van der Waals surface area contributed by atoms with Crippen LogP contribution in [-0.2, 0) is 4.79 Å². The molecule has 19 heavy (non-hydrogen) atoms. The van der Waals surface area contributed by atoms with Crippen molar-refractivity contribution in [2.45, 2.75) is 32.2 Å². The van der Waals surface area contributed by atoms with Crippen molar-refractivity contribution in [2.24, 2.45) is 11.1 Å². The summed E-state index contributed by atoms with van der Waals surface area (Å²) in [6.45, 7) is 1.86. The smallest absolute Gasteiger partial charge is 0.234 e. The Morgan fingerprint density at radius 3 is 2.95 bits per heavy atom. The average molecular weight is 285 g/mol. The van der Waals surface area contributed by atoms with Crippen molar-refractivity contribution in [3.8, 4) is 5.88 Å². The highest BCUT2D eigenvalue weighted by molar-refractivity contribution is 6.29. The fraction of sp³-hybridized carbons (Fsp3) is 0.583. The number of anilines is 1. The summed E-state index contributed by atoms with van der Waals surface area (Å²) in [4.78, 5) is 20.3. The number of carbonyl (C=O) groups excluding carboxylic acids is 1. The first-order valence-electron chi connectivity index (χ1n) is 6.11. The molecule has 1 aromatic rings. The lowest BCUT2D eigenvalue weighted by atomic mass is 9.84. The molecule has 0 bridgehead atoms. The summed E-state index contributed by atoms with van der Waals surface area (Å²) in [6, 6.07) is 1.33. The van der Waals surface area contributed by atoms with Gasteiger partial charge in [-0.2, -0.15) is 4.98 Å². The first kappa shape index (κ1) is 14.0. The Bertz CT molecular complexity index is 497. The minimum Gasteiger partial charge on any atom is -0.481 e. The molecule has 1 aliphatic rings. The summed E-state index contributed by atoms with van der Waals surface area (Å²) >= 11 is 5.83. The summed E-state index contributed by atoms with van der Waals surface area (Å²) in [5, 5.41) is 2.88. The second-order valence-electron chi connectivity index (χ2n) is 4.93. The minimum absolute atomic E-state index is 0.134. The Kier molecular flexibility index (Phi) is 3.91. The summed E-state index contributed by atoms with van der Waals surface area (Å²) in [7, 11) is 1.47. The maximum atomic E-state index is 12.3. The molecule has 0 saturated heterocycles.